The van der Waals surface area contributed by atoms with E-state index >= 15 is 0 Å². The fourth-order valence-electron chi connectivity index (χ4n) is 2.59. The summed E-state index contributed by atoms with van der Waals surface area (Å²) in [6.07, 6.45) is 2.46. The van der Waals surface area contributed by atoms with Crippen LogP contribution < -0.4 is 5.32 Å². The summed E-state index contributed by atoms with van der Waals surface area (Å²) in [6, 6.07) is 9.91. The summed E-state index contributed by atoms with van der Waals surface area (Å²) < 4.78 is 0. The van der Waals surface area contributed by atoms with Gasteiger partial charge in [-0.2, -0.15) is 0 Å². The Labute approximate surface area is 128 Å². The van der Waals surface area contributed by atoms with Crippen LogP contribution in [0.1, 0.15) is 21.5 Å². The van der Waals surface area contributed by atoms with E-state index in [1.54, 1.807) is 19.3 Å². The molecule has 21 heavy (non-hydrogen) atoms. The van der Waals surface area contributed by atoms with E-state index in [1.165, 1.54) is 11.1 Å². The Bertz CT molecular complexity index is 687. The molecule has 1 aromatic carbocycles. The number of amides is 1. The van der Waals surface area contributed by atoms with Crippen molar-refractivity contribution in [1.82, 2.24) is 9.88 Å². The van der Waals surface area contributed by atoms with Crippen molar-refractivity contribution in [3.63, 3.8) is 0 Å². The number of halogens is 1. The first kappa shape index (κ1) is 13.9. The number of pyridine rings is 1. The monoisotopic (exact) mass is 301 g/mol. The third kappa shape index (κ3) is 2.72. The number of nitrogens with zero attached hydrogens (tertiary/aromatic N) is 2. The minimum Gasteiger partial charge on any atom is -0.372 e. The third-order valence-electron chi connectivity index (χ3n) is 3.74. The number of nitrogens with one attached hydrogen (secondary N) is 1. The van der Waals surface area contributed by atoms with E-state index in [0.29, 0.717) is 22.9 Å². The van der Waals surface area contributed by atoms with Gasteiger partial charge in [0.15, 0.2) is 0 Å². The first-order valence-electron chi connectivity index (χ1n) is 6.88. The van der Waals surface area contributed by atoms with Gasteiger partial charge in [-0.15, -0.1) is 0 Å². The minimum atomic E-state index is -0.0263. The Balaban J connectivity index is 1.82. The second-order valence-electron chi connectivity index (χ2n) is 5.05. The predicted molar refractivity (Wildman–Crippen MR) is 83.7 cm³/mol. The first-order chi connectivity index (χ1) is 10.2. The van der Waals surface area contributed by atoms with Gasteiger partial charge in [-0.1, -0.05) is 35.9 Å². The van der Waals surface area contributed by atoms with Crippen LogP contribution in [0.5, 0.6) is 0 Å². The number of hydrogen-bond acceptors (Lipinski definition) is 3. The second-order valence-corrected chi connectivity index (χ2v) is 5.46. The van der Waals surface area contributed by atoms with Crippen molar-refractivity contribution in [3.05, 3.63) is 58.2 Å². The Morgan fingerprint density at radius 1 is 1.33 bits per heavy atom. The molecule has 2 aromatic rings. The number of fused-ring (bicyclic) bond motifs is 1. The highest BCUT2D eigenvalue weighted by molar-refractivity contribution is 6.33. The molecular weight excluding hydrogens is 286 g/mol. The van der Waals surface area contributed by atoms with Gasteiger partial charge in [-0.3, -0.25) is 4.79 Å². The van der Waals surface area contributed by atoms with Gasteiger partial charge < -0.3 is 10.2 Å². The van der Waals surface area contributed by atoms with Crippen LogP contribution in [-0.2, 0) is 13.0 Å². The van der Waals surface area contributed by atoms with E-state index in [-0.39, 0.29) is 5.91 Å². The van der Waals surface area contributed by atoms with Crippen LogP contribution in [0.25, 0.3) is 0 Å². The number of anilines is 1. The van der Waals surface area contributed by atoms with Gasteiger partial charge in [-0.05, 0) is 23.6 Å². The Hall–Kier alpha value is -2.07. The number of benzene rings is 1. The summed E-state index contributed by atoms with van der Waals surface area (Å²) in [5, 5.41) is 3.35. The van der Waals surface area contributed by atoms with Gasteiger partial charge in [0, 0.05) is 26.3 Å². The maximum atomic E-state index is 12.6. The van der Waals surface area contributed by atoms with Crippen molar-refractivity contribution >= 4 is 23.3 Å². The normalized spacial score (nSPS) is 13.7. The topological polar surface area (TPSA) is 45.2 Å². The zero-order chi connectivity index (χ0) is 14.8. The van der Waals surface area contributed by atoms with Gasteiger partial charge in [0.05, 0.1) is 10.6 Å². The Kier molecular flexibility index (Phi) is 3.80. The zero-order valence-electron chi connectivity index (χ0n) is 11.8. The average Bonchev–Trinajstić information content (AvgIpc) is 2.53. The molecule has 1 N–H and O–H groups in total. The number of aromatic nitrogens is 1. The van der Waals surface area contributed by atoms with Crippen LogP contribution in [0.2, 0.25) is 5.02 Å². The Morgan fingerprint density at radius 3 is 2.81 bits per heavy atom. The van der Waals surface area contributed by atoms with Crippen LogP contribution in [0.4, 0.5) is 5.82 Å². The average molecular weight is 302 g/mol. The van der Waals surface area contributed by atoms with Gasteiger partial charge in [-0.25, -0.2) is 4.98 Å². The standard InChI is InChI=1S/C16H16ClN3O/c1-18-15-14(17)8-13(9-19-15)16(21)20-7-6-11-4-2-3-5-12(11)10-20/h2-5,8-9H,6-7,10H2,1H3,(H,18,19). The highest BCUT2D eigenvalue weighted by Crippen LogP contribution is 2.23. The highest BCUT2D eigenvalue weighted by Gasteiger charge is 2.22. The summed E-state index contributed by atoms with van der Waals surface area (Å²) in [5.74, 6) is 0.554. The predicted octanol–water partition coefficient (Wildman–Crippen LogP) is 2.98. The van der Waals surface area contributed by atoms with Crippen molar-refractivity contribution in [2.45, 2.75) is 13.0 Å². The molecule has 5 heteroatoms. The molecule has 0 radical (unpaired) electrons. The fraction of sp³-hybridized carbons (Fsp3) is 0.250. The first-order valence-corrected chi connectivity index (χ1v) is 7.26. The van der Waals surface area contributed by atoms with Gasteiger partial charge in [0.25, 0.3) is 5.91 Å². The van der Waals surface area contributed by atoms with E-state index in [0.717, 1.165) is 13.0 Å². The molecule has 3 rings (SSSR count). The molecule has 0 spiro atoms. The molecule has 0 bridgehead atoms. The van der Waals surface area contributed by atoms with Crippen LogP contribution >= 0.6 is 11.6 Å². The maximum absolute atomic E-state index is 12.6. The molecule has 108 valence electrons. The lowest BCUT2D eigenvalue weighted by Crippen LogP contribution is -2.36. The number of carbonyl (C=O) groups excluding carboxylic acids is 1. The fourth-order valence-corrected chi connectivity index (χ4v) is 2.85. The summed E-state index contributed by atoms with van der Waals surface area (Å²) >= 11 is 6.10. The highest BCUT2D eigenvalue weighted by atomic mass is 35.5. The lowest BCUT2D eigenvalue weighted by atomic mass is 9.99. The molecule has 0 unspecified atom stereocenters. The molecule has 0 saturated heterocycles. The van der Waals surface area contributed by atoms with E-state index in [4.69, 9.17) is 11.6 Å². The van der Waals surface area contributed by atoms with Crippen LogP contribution in [0, 0.1) is 0 Å². The van der Waals surface area contributed by atoms with Crippen molar-refractivity contribution in [3.8, 4) is 0 Å². The molecular formula is C16H16ClN3O. The molecule has 1 aromatic heterocycles. The molecule has 1 aliphatic rings. The van der Waals surface area contributed by atoms with E-state index in [9.17, 15) is 4.79 Å². The smallest absolute Gasteiger partial charge is 0.255 e. The zero-order valence-corrected chi connectivity index (χ0v) is 12.5. The summed E-state index contributed by atoms with van der Waals surface area (Å²) in [4.78, 5) is 18.6. The molecule has 4 nitrogen and oxygen atoms in total. The maximum Gasteiger partial charge on any atom is 0.255 e. The molecule has 1 amide bonds. The van der Waals surface area contributed by atoms with Gasteiger partial charge >= 0.3 is 0 Å². The third-order valence-corrected chi connectivity index (χ3v) is 4.03. The van der Waals surface area contributed by atoms with Crippen LogP contribution in [-0.4, -0.2) is 29.4 Å². The molecule has 0 fully saturated rings. The molecule has 0 saturated carbocycles. The van der Waals surface area contributed by atoms with E-state index in [1.807, 2.05) is 17.0 Å². The number of rotatable bonds is 2. The van der Waals surface area contributed by atoms with Crippen LogP contribution in [0.15, 0.2) is 36.5 Å². The summed E-state index contributed by atoms with van der Waals surface area (Å²) in [7, 11) is 1.75. The summed E-state index contributed by atoms with van der Waals surface area (Å²) in [6.45, 7) is 1.36. The quantitative estimate of drug-likeness (QED) is 0.927. The second kappa shape index (κ2) is 5.74. The number of carbonyl (C=O) groups is 1. The van der Waals surface area contributed by atoms with Gasteiger partial charge in [0.1, 0.15) is 5.82 Å². The SMILES string of the molecule is CNc1ncc(C(=O)N2CCc3ccccc3C2)cc1Cl. The largest absolute Gasteiger partial charge is 0.372 e. The van der Waals surface area contributed by atoms with Crippen LogP contribution in [0.3, 0.4) is 0 Å². The van der Waals surface area contributed by atoms with Gasteiger partial charge in [0.2, 0.25) is 0 Å². The molecule has 2 heterocycles. The van der Waals surface area contributed by atoms with E-state index < -0.39 is 0 Å². The van der Waals surface area contributed by atoms with Crippen molar-refractivity contribution < 1.29 is 4.79 Å². The lowest BCUT2D eigenvalue weighted by Gasteiger charge is -2.29. The van der Waals surface area contributed by atoms with Crippen molar-refractivity contribution in [2.24, 2.45) is 0 Å². The molecule has 0 aliphatic carbocycles. The van der Waals surface area contributed by atoms with Crippen molar-refractivity contribution in [1.29, 1.82) is 0 Å². The minimum absolute atomic E-state index is 0.0263. The van der Waals surface area contributed by atoms with Crippen molar-refractivity contribution in [2.75, 3.05) is 18.9 Å². The molecule has 0 atom stereocenters. The lowest BCUT2D eigenvalue weighted by molar-refractivity contribution is 0.0734. The molecule has 1 aliphatic heterocycles. The summed E-state index contributed by atoms with van der Waals surface area (Å²) in [5.41, 5.74) is 3.06. The Morgan fingerprint density at radius 2 is 2.10 bits per heavy atom. The number of hydrogen-bond donors (Lipinski definition) is 1. The van der Waals surface area contributed by atoms with E-state index in [2.05, 4.69) is 22.4 Å².